The van der Waals surface area contributed by atoms with Crippen LogP contribution in [0, 0.1) is 0 Å². The molecule has 0 fully saturated rings. The fourth-order valence-corrected chi connectivity index (χ4v) is 2.99. The van der Waals surface area contributed by atoms with Crippen LogP contribution < -0.4 is 4.72 Å². The predicted octanol–water partition coefficient (Wildman–Crippen LogP) is 2.91. The molecule has 0 saturated carbocycles. The third-order valence-corrected chi connectivity index (χ3v) is 4.38. The zero-order chi connectivity index (χ0) is 14.0. The lowest BCUT2D eigenvalue weighted by Gasteiger charge is -2.04. The van der Waals surface area contributed by atoms with E-state index in [-0.39, 0.29) is 11.4 Å². The molecule has 3 aromatic rings. The Balaban J connectivity index is 1.79. The summed E-state index contributed by atoms with van der Waals surface area (Å²) in [6, 6.07) is 17.7. The van der Waals surface area contributed by atoms with Gasteiger partial charge in [-0.2, -0.15) is 0 Å². The molecule has 1 aromatic heterocycles. The van der Waals surface area contributed by atoms with Crippen LogP contribution in [-0.4, -0.2) is 8.42 Å². The van der Waals surface area contributed by atoms with Gasteiger partial charge in [-0.05, 0) is 24.3 Å². The minimum absolute atomic E-state index is 0.131. The number of hydrogen-bond acceptors (Lipinski definition) is 3. The highest BCUT2D eigenvalue weighted by molar-refractivity contribution is 7.89. The summed E-state index contributed by atoms with van der Waals surface area (Å²) in [6.07, 6.45) is 0. The number of rotatable bonds is 4. The summed E-state index contributed by atoms with van der Waals surface area (Å²) in [7, 11) is -3.51. The van der Waals surface area contributed by atoms with Crippen molar-refractivity contribution < 1.29 is 12.8 Å². The highest BCUT2D eigenvalue weighted by atomic mass is 32.2. The monoisotopic (exact) mass is 287 g/mol. The molecule has 0 unspecified atom stereocenters. The molecule has 0 atom stereocenters. The fourth-order valence-electron chi connectivity index (χ4n) is 1.97. The molecule has 0 spiro atoms. The minimum Gasteiger partial charge on any atom is -0.460 e. The molecule has 5 heteroatoms. The lowest BCUT2D eigenvalue weighted by atomic mass is 10.2. The van der Waals surface area contributed by atoms with Crippen molar-refractivity contribution in [3.63, 3.8) is 0 Å². The van der Waals surface area contributed by atoms with Crippen LogP contribution in [-0.2, 0) is 16.6 Å². The molecule has 20 heavy (non-hydrogen) atoms. The van der Waals surface area contributed by atoms with Gasteiger partial charge in [0.25, 0.3) is 0 Å². The molecular formula is C15H13NO3S. The summed E-state index contributed by atoms with van der Waals surface area (Å²) in [6.45, 7) is 0.131. The van der Waals surface area contributed by atoms with E-state index in [9.17, 15) is 8.42 Å². The first-order valence-corrected chi connectivity index (χ1v) is 7.66. The van der Waals surface area contributed by atoms with Crippen LogP contribution in [0.5, 0.6) is 0 Å². The van der Waals surface area contributed by atoms with Crippen LogP contribution in [0.2, 0.25) is 0 Å². The Labute approximate surface area is 117 Å². The van der Waals surface area contributed by atoms with Gasteiger partial charge in [-0.1, -0.05) is 36.4 Å². The largest absolute Gasteiger partial charge is 0.460 e. The minimum atomic E-state index is -3.51. The second-order valence-electron chi connectivity index (χ2n) is 4.39. The number of benzene rings is 2. The molecule has 0 saturated heterocycles. The first-order chi connectivity index (χ1) is 9.65. The average molecular weight is 287 g/mol. The van der Waals surface area contributed by atoms with Crippen LogP contribution >= 0.6 is 0 Å². The van der Waals surface area contributed by atoms with Crippen LogP contribution in [0.25, 0.3) is 11.0 Å². The van der Waals surface area contributed by atoms with Gasteiger partial charge in [0.2, 0.25) is 10.0 Å². The third-order valence-electron chi connectivity index (χ3n) is 2.97. The number of fused-ring (bicyclic) bond motifs is 1. The molecule has 0 aliphatic rings. The predicted molar refractivity (Wildman–Crippen MR) is 76.7 cm³/mol. The first kappa shape index (κ1) is 12.9. The van der Waals surface area contributed by atoms with Gasteiger partial charge in [0.15, 0.2) is 0 Å². The van der Waals surface area contributed by atoms with E-state index in [2.05, 4.69) is 4.72 Å². The Morgan fingerprint density at radius 1 is 0.950 bits per heavy atom. The van der Waals surface area contributed by atoms with Crippen molar-refractivity contribution in [2.75, 3.05) is 0 Å². The normalized spacial score (nSPS) is 11.8. The number of para-hydroxylation sites is 1. The van der Waals surface area contributed by atoms with Gasteiger partial charge in [-0.15, -0.1) is 0 Å². The summed E-state index contributed by atoms with van der Waals surface area (Å²) in [5.41, 5.74) is 0.751. The van der Waals surface area contributed by atoms with Gasteiger partial charge in [0.05, 0.1) is 11.4 Å². The summed E-state index contributed by atoms with van der Waals surface area (Å²) in [4.78, 5) is 0.246. The van der Waals surface area contributed by atoms with Crippen molar-refractivity contribution >= 4 is 21.0 Å². The highest BCUT2D eigenvalue weighted by Gasteiger charge is 2.14. The van der Waals surface area contributed by atoms with E-state index in [1.807, 2.05) is 30.3 Å². The quantitative estimate of drug-likeness (QED) is 0.802. The summed E-state index contributed by atoms with van der Waals surface area (Å²) in [5.74, 6) is 0.589. The maximum atomic E-state index is 12.1. The highest BCUT2D eigenvalue weighted by Crippen LogP contribution is 2.19. The van der Waals surface area contributed by atoms with E-state index in [4.69, 9.17) is 4.42 Å². The number of sulfonamides is 1. The van der Waals surface area contributed by atoms with Crippen LogP contribution in [0.4, 0.5) is 0 Å². The molecule has 4 nitrogen and oxygen atoms in total. The second kappa shape index (κ2) is 5.11. The molecule has 3 rings (SSSR count). The van der Waals surface area contributed by atoms with Gasteiger partial charge in [-0.25, -0.2) is 13.1 Å². The maximum absolute atomic E-state index is 12.1. The van der Waals surface area contributed by atoms with E-state index in [1.165, 1.54) is 0 Å². The molecule has 0 aliphatic heterocycles. The lowest BCUT2D eigenvalue weighted by molar-refractivity contribution is 0.530. The van der Waals surface area contributed by atoms with E-state index >= 15 is 0 Å². The van der Waals surface area contributed by atoms with Crippen LogP contribution in [0.1, 0.15) is 5.76 Å². The summed E-state index contributed by atoms with van der Waals surface area (Å²) >= 11 is 0. The topological polar surface area (TPSA) is 59.3 Å². The first-order valence-electron chi connectivity index (χ1n) is 6.17. The van der Waals surface area contributed by atoms with E-state index in [0.717, 1.165) is 11.0 Å². The fraction of sp³-hybridized carbons (Fsp3) is 0.0667. The SMILES string of the molecule is O=S(=O)(NCc1cc2ccccc2o1)c1ccccc1. The van der Waals surface area contributed by atoms with Gasteiger partial charge < -0.3 is 4.42 Å². The van der Waals surface area contributed by atoms with Crippen molar-refractivity contribution in [3.05, 3.63) is 66.4 Å². The maximum Gasteiger partial charge on any atom is 0.240 e. The molecular weight excluding hydrogens is 274 g/mol. The van der Waals surface area contributed by atoms with Gasteiger partial charge in [0, 0.05) is 5.39 Å². The standard InChI is InChI=1S/C15H13NO3S/c17-20(18,14-7-2-1-3-8-14)16-11-13-10-12-6-4-5-9-15(12)19-13/h1-10,16H,11H2. The van der Waals surface area contributed by atoms with Gasteiger partial charge >= 0.3 is 0 Å². The zero-order valence-corrected chi connectivity index (χ0v) is 11.4. The van der Waals surface area contributed by atoms with Gasteiger partial charge in [-0.3, -0.25) is 0 Å². The smallest absolute Gasteiger partial charge is 0.240 e. The van der Waals surface area contributed by atoms with Crippen molar-refractivity contribution in [2.45, 2.75) is 11.4 Å². The Kier molecular flexibility index (Phi) is 3.30. The third kappa shape index (κ3) is 2.59. The zero-order valence-electron chi connectivity index (χ0n) is 10.6. The van der Waals surface area contributed by atoms with Crippen molar-refractivity contribution in [3.8, 4) is 0 Å². The van der Waals surface area contributed by atoms with Crippen molar-refractivity contribution in [1.82, 2.24) is 4.72 Å². The molecule has 102 valence electrons. The number of nitrogens with one attached hydrogen (secondary N) is 1. The van der Waals surface area contributed by atoms with E-state index < -0.39 is 10.0 Å². The summed E-state index contributed by atoms with van der Waals surface area (Å²) < 4.78 is 32.2. The number of furan rings is 1. The molecule has 1 heterocycles. The summed E-state index contributed by atoms with van der Waals surface area (Å²) in [5, 5.41) is 0.960. The molecule has 0 bridgehead atoms. The van der Waals surface area contributed by atoms with E-state index in [1.54, 1.807) is 30.3 Å². The van der Waals surface area contributed by atoms with Crippen molar-refractivity contribution in [2.24, 2.45) is 0 Å². The molecule has 0 radical (unpaired) electrons. The Morgan fingerprint density at radius 2 is 1.65 bits per heavy atom. The average Bonchev–Trinajstić information content (AvgIpc) is 2.89. The van der Waals surface area contributed by atoms with E-state index in [0.29, 0.717) is 5.76 Å². The van der Waals surface area contributed by atoms with Crippen LogP contribution in [0.15, 0.2) is 70.0 Å². The Bertz CT molecular complexity index is 789. The molecule has 0 aliphatic carbocycles. The molecule has 0 amide bonds. The Morgan fingerprint density at radius 3 is 2.40 bits per heavy atom. The second-order valence-corrected chi connectivity index (χ2v) is 6.16. The van der Waals surface area contributed by atoms with Crippen LogP contribution in [0.3, 0.4) is 0 Å². The Hall–Kier alpha value is -2.11. The lowest BCUT2D eigenvalue weighted by Crippen LogP contribution is -2.22. The molecule has 1 N–H and O–H groups in total. The van der Waals surface area contributed by atoms with Gasteiger partial charge in [0.1, 0.15) is 11.3 Å². The number of hydrogen-bond donors (Lipinski definition) is 1. The van der Waals surface area contributed by atoms with Crippen molar-refractivity contribution in [1.29, 1.82) is 0 Å². The molecule has 2 aromatic carbocycles.